The standard InChI is InChI=1S/C21H32N2O5/c1-4-5-13-28-18-9-8-16(14-19(18)27-3)21(26)23-11-6-7-17(10-12-23)22(2)15-20(24)25/h8-9,14,17H,4-7,10-13,15H2,1-3H3,(H,24,25). The third-order valence-electron chi connectivity index (χ3n) is 5.16. The van der Waals surface area contributed by atoms with Crippen LogP contribution in [0.3, 0.4) is 0 Å². The maximum Gasteiger partial charge on any atom is 0.317 e. The minimum absolute atomic E-state index is 0.0231. The molecule has 28 heavy (non-hydrogen) atoms. The van der Waals surface area contributed by atoms with Crippen molar-refractivity contribution in [1.82, 2.24) is 9.80 Å². The van der Waals surface area contributed by atoms with Crippen LogP contribution in [0.2, 0.25) is 0 Å². The highest BCUT2D eigenvalue weighted by atomic mass is 16.5. The molecule has 2 rings (SSSR count). The second-order valence-electron chi connectivity index (χ2n) is 7.25. The lowest BCUT2D eigenvalue weighted by Gasteiger charge is -2.25. The Morgan fingerprint density at radius 3 is 2.71 bits per heavy atom. The number of carbonyl (C=O) groups excluding carboxylic acids is 1. The number of likely N-dealkylation sites (tertiary alicyclic amines) is 1. The van der Waals surface area contributed by atoms with Gasteiger partial charge < -0.3 is 19.5 Å². The molecule has 0 aromatic heterocycles. The molecular weight excluding hydrogens is 360 g/mol. The Morgan fingerprint density at radius 2 is 2.04 bits per heavy atom. The number of benzene rings is 1. The molecule has 1 saturated heterocycles. The number of hydrogen-bond donors (Lipinski definition) is 1. The van der Waals surface area contributed by atoms with E-state index in [-0.39, 0.29) is 18.5 Å². The molecule has 1 N–H and O–H groups in total. The molecule has 7 nitrogen and oxygen atoms in total. The zero-order valence-electron chi connectivity index (χ0n) is 17.1. The number of unbranched alkanes of at least 4 members (excludes halogenated alkanes) is 1. The highest BCUT2D eigenvalue weighted by molar-refractivity contribution is 5.95. The lowest BCUT2D eigenvalue weighted by atomic mass is 10.1. The van der Waals surface area contributed by atoms with Crippen molar-refractivity contribution in [1.29, 1.82) is 0 Å². The summed E-state index contributed by atoms with van der Waals surface area (Å²) in [4.78, 5) is 27.6. The number of amides is 1. The van der Waals surface area contributed by atoms with Crippen LogP contribution in [0.4, 0.5) is 0 Å². The summed E-state index contributed by atoms with van der Waals surface area (Å²) in [6, 6.07) is 5.49. The zero-order valence-corrected chi connectivity index (χ0v) is 17.1. The molecule has 1 heterocycles. The maximum atomic E-state index is 13.0. The van der Waals surface area contributed by atoms with Gasteiger partial charge in [0.05, 0.1) is 20.3 Å². The van der Waals surface area contributed by atoms with Crippen molar-refractivity contribution in [3.63, 3.8) is 0 Å². The van der Waals surface area contributed by atoms with Gasteiger partial charge in [-0.05, 0) is 50.9 Å². The summed E-state index contributed by atoms with van der Waals surface area (Å²) >= 11 is 0. The first-order chi connectivity index (χ1) is 13.5. The first-order valence-corrected chi connectivity index (χ1v) is 9.98. The number of hydrogen-bond acceptors (Lipinski definition) is 5. The molecule has 1 atom stereocenters. The molecule has 1 unspecified atom stereocenters. The highest BCUT2D eigenvalue weighted by Crippen LogP contribution is 2.29. The van der Waals surface area contributed by atoms with E-state index in [0.29, 0.717) is 36.8 Å². The average molecular weight is 392 g/mol. The first kappa shape index (κ1) is 22.0. The van der Waals surface area contributed by atoms with E-state index in [1.165, 1.54) is 0 Å². The fourth-order valence-corrected chi connectivity index (χ4v) is 3.49. The lowest BCUT2D eigenvalue weighted by molar-refractivity contribution is -0.138. The smallest absolute Gasteiger partial charge is 0.317 e. The number of methoxy groups -OCH3 is 1. The maximum absolute atomic E-state index is 13.0. The molecule has 156 valence electrons. The van der Waals surface area contributed by atoms with Crippen LogP contribution in [0.15, 0.2) is 18.2 Å². The van der Waals surface area contributed by atoms with Gasteiger partial charge in [-0.3, -0.25) is 14.5 Å². The Labute approximate surface area is 167 Å². The van der Waals surface area contributed by atoms with Crippen LogP contribution in [-0.2, 0) is 4.79 Å². The topological polar surface area (TPSA) is 79.3 Å². The van der Waals surface area contributed by atoms with Gasteiger partial charge in [0.2, 0.25) is 0 Å². The third kappa shape index (κ3) is 6.12. The fraction of sp³-hybridized carbons (Fsp3) is 0.619. The Bertz CT molecular complexity index is 664. The monoisotopic (exact) mass is 392 g/mol. The number of ether oxygens (including phenoxy) is 2. The lowest BCUT2D eigenvalue weighted by Crippen LogP contribution is -2.37. The van der Waals surface area contributed by atoms with E-state index >= 15 is 0 Å². The summed E-state index contributed by atoms with van der Waals surface area (Å²) in [5.41, 5.74) is 0.581. The van der Waals surface area contributed by atoms with Gasteiger partial charge in [-0.25, -0.2) is 0 Å². The van der Waals surface area contributed by atoms with Crippen molar-refractivity contribution in [2.45, 2.75) is 45.1 Å². The Balaban J connectivity index is 2.02. The summed E-state index contributed by atoms with van der Waals surface area (Å²) in [5, 5.41) is 8.99. The number of aliphatic carboxylic acids is 1. The van der Waals surface area contributed by atoms with E-state index in [1.807, 2.05) is 16.8 Å². The number of carboxylic acid groups (broad SMARTS) is 1. The SMILES string of the molecule is CCCCOc1ccc(C(=O)N2CCCC(N(C)CC(=O)O)CC2)cc1OC. The molecule has 0 spiro atoms. The van der Waals surface area contributed by atoms with Gasteiger partial charge in [0.25, 0.3) is 5.91 Å². The Kier molecular flexibility index (Phi) is 8.57. The van der Waals surface area contributed by atoms with Crippen LogP contribution in [0, 0.1) is 0 Å². The van der Waals surface area contributed by atoms with Crippen molar-refractivity contribution in [3.8, 4) is 11.5 Å². The molecular formula is C21H32N2O5. The van der Waals surface area contributed by atoms with Crippen molar-refractivity contribution in [3.05, 3.63) is 23.8 Å². The molecule has 1 aromatic carbocycles. The molecule has 1 fully saturated rings. The molecule has 1 amide bonds. The average Bonchev–Trinajstić information content (AvgIpc) is 2.93. The summed E-state index contributed by atoms with van der Waals surface area (Å²) in [6.07, 6.45) is 4.53. The number of nitrogens with zero attached hydrogens (tertiary/aromatic N) is 2. The van der Waals surface area contributed by atoms with Crippen molar-refractivity contribution >= 4 is 11.9 Å². The molecule has 0 aliphatic carbocycles. The predicted octanol–water partition coefficient (Wildman–Crippen LogP) is 2.89. The zero-order chi connectivity index (χ0) is 20.5. The van der Waals surface area contributed by atoms with Crippen LogP contribution in [0.25, 0.3) is 0 Å². The van der Waals surface area contributed by atoms with E-state index in [0.717, 1.165) is 32.1 Å². The summed E-state index contributed by atoms with van der Waals surface area (Å²) in [5.74, 6) is 0.363. The summed E-state index contributed by atoms with van der Waals surface area (Å²) in [7, 11) is 3.41. The summed E-state index contributed by atoms with van der Waals surface area (Å²) in [6.45, 7) is 4.04. The van der Waals surface area contributed by atoms with Crippen molar-refractivity contribution < 1.29 is 24.2 Å². The number of carboxylic acids is 1. The second-order valence-corrected chi connectivity index (χ2v) is 7.25. The molecule has 7 heteroatoms. The minimum atomic E-state index is -0.826. The third-order valence-corrected chi connectivity index (χ3v) is 5.16. The minimum Gasteiger partial charge on any atom is -0.493 e. The number of likely N-dealkylation sites (N-methyl/N-ethyl adjacent to an activating group) is 1. The van der Waals surface area contributed by atoms with Gasteiger partial charge in [0.15, 0.2) is 11.5 Å². The van der Waals surface area contributed by atoms with E-state index in [9.17, 15) is 9.59 Å². The largest absolute Gasteiger partial charge is 0.493 e. The number of carbonyl (C=O) groups is 2. The normalized spacial score (nSPS) is 17.3. The van der Waals surface area contributed by atoms with Crippen molar-refractivity contribution in [2.75, 3.05) is 40.4 Å². The molecule has 0 saturated carbocycles. The van der Waals surface area contributed by atoms with Crippen LogP contribution < -0.4 is 9.47 Å². The van der Waals surface area contributed by atoms with E-state index in [1.54, 1.807) is 25.3 Å². The molecule has 1 aliphatic heterocycles. The molecule has 1 aromatic rings. The molecule has 0 radical (unpaired) electrons. The quantitative estimate of drug-likeness (QED) is 0.651. The van der Waals surface area contributed by atoms with Gasteiger partial charge in [0.1, 0.15) is 0 Å². The van der Waals surface area contributed by atoms with Gasteiger partial charge in [-0.1, -0.05) is 13.3 Å². The Morgan fingerprint density at radius 1 is 1.25 bits per heavy atom. The second kappa shape index (κ2) is 10.9. The van der Waals surface area contributed by atoms with Crippen molar-refractivity contribution in [2.24, 2.45) is 0 Å². The van der Waals surface area contributed by atoms with E-state index < -0.39 is 5.97 Å². The summed E-state index contributed by atoms with van der Waals surface area (Å²) < 4.78 is 11.1. The van der Waals surface area contributed by atoms with Crippen LogP contribution in [-0.4, -0.2) is 73.2 Å². The number of rotatable bonds is 9. The van der Waals surface area contributed by atoms with Gasteiger partial charge in [0, 0.05) is 24.7 Å². The first-order valence-electron chi connectivity index (χ1n) is 9.98. The predicted molar refractivity (Wildman–Crippen MR) is 107 cm³/mol. The van der Waals surface area contributed by atoms with Crippen LogP contribution >= 0.6 is 0 Å². The fourth-order valence-electron chi connectivity index (χ4n) is 3.49. The molecule has 1 aliphatic rings. The Hall–Kier alpha value is -2.28. The van der Waals surface area contributed by atoms with Gasteiger partial charge >= 0.3 is 5.97 Å². The van der Waals surface area contributed by atoms with Gasteiger partial charge in [-0.2, -0.15) is 0 Å². The van der Waals surface area contributed by atoms with Crippen LogP contribution in [0.1, 0.15) is 49.4 Å². The van der Waals surface area contributed by atoms with E-state index in [4.69, 9.17) is 14.6 Å². The highest BCUT2D eigenvalue weighted by Gasteiger charge is 2.25. The van der Waals surface area contributed by atoms with E-state index in [2.05, 4.69) is 6.92 Å². The van der Waals surface area contributed by atoms with Crippen LogP contribution in [0.5, 0.6) is 11.5 Å². The van der Waals surface area contributed by atoms with Gasteiger partial charge in [-0.15, -0.1) is 0 Å². The molecule has 0 bridgehead atoms.